The molecule has 1 aliphatic rings. The van der Waals surface area contributed by atoms with Crippen molar-refractivity contribution in [2.24, 2.45) is 5.92 Å². The van der Waals surface area contributed by atoms with Gasteiger partial charge in [-0.25, -0.2) is 0 Å². The molecule has 2 atom stereocenters. The van der Waals surface area contributed by atoms with Crippen molar-refractivity contribution in [1.82, 2.24) is 15.5 Å². The molecular weight excluding hydrogens is 194 g/mol. The molecule has 0 radical (unpaired) electrons. The van der Waals surface area contributed by atoms with Crippen LogP contribution in [-0.4, -0.2) is 33.9 Å². The predicted molar refractivity (Wildman–Crippen MR) is 54.3 cm³/mol. The van der Waals surface area contributed by atoms with Crippen molar-refractivity contribution < 1.29 is 9.90 Å². The van der Waals surface area contributed by atoms with Crippen LogP contribution in [0.3, 0.4) is 0 Å². The quantitative estimate of drug-likeness (QED) is 0.670. The molecule has 1 aromatic rings. The van der Waals surface area contributed by atoms with E-state index in [4.69, 9.17) is 0 Å². The lowest BCUT2D eigenvalue weighted by Crippen LogP contribution is -2.32. The van der Waals surface area contributed by atoms with E-state index in [1.54, 1.807) is 12.3 Å². The smallest absolute Gasteiger partial charge is 0.269 e. The van der Waals surface area contributed by atoms with Crippen molar-refractivity contribution in [3.63, 3.8) is 0 Å². The summed E-state index contributed by atoms with van der Waals surface area (Å²) in [6.45, 7) is 0.541. The van der Waals surface area contributed by atoms with E-state index < -0.39 is 0 Å². The Morgan fingerprint density at radius 2 is 2.53 bits per heavy atom. The summed E-state index contributed by atoms with van der Waals surface area (Å²) >= 11 is 0. The number of nitrogens with zero attached hydrogens (tertiary/aromatic N) is 1. The molecule has 82 valence electrons. The maximum atomic E-state index is 11.5. The molecular formula is C10H15N3O2. The lowest BCUT2D eigenvalue weighted by atomic mass is 10.1. The normalized spacial score (nSPS) is 25.4. The Kier molecular flexibility index (Phi) is 3.01. The molecule has 0 spiro atoms. The van der Waals surface area contributed by atoms with E-state index in [2.05, 4.69) is 15.5 Å². The van der Waals surface area contributed by atoms with Crippen molar-refractivity contribution in [3.05, 3.63) is 18.0 Å². The van der Waals surface area contributed by atoms with Crippen molar-refractivity contribution in [2.45, 2.75) is 25.4 Å². The summed E-state index contributed by atoms with van der Waals surface area (Å²) in [6, 6.07) is 1.63. The fraction of sp³-hybridized carbons (Fsp3) is 0.600. The summed E-state index contributed by atoms with van der Waals surface area (Å²) in [5.41, 5.74) is 0.461. The molecule has 1 aliphatic carbocycles. The summed E-state index contributed by atoms with van der Waals surface area (Å²) < 4.78 is 0. The lowest BCUT2D eigenvalue weighted by Gasteiger charge is -2.14. The van der Waals surface area contributed by atoms with Crippen LogP contribution >= 0.6 is 0 Å². The van der Waals surface area contributed by atoms with E-state index in [9.17, 15) is 9.90 Å². The van der Waals surface area contributed by atoms with E-state index in [1.807, 2.05) is 0 Å². The third-order valence-electron chi connectivity index (χ3n) is 2.89. The predicted octanol–water partition coefficient (Wildman–Crippen LogP) is 0.300. The third-order valence-corrected chi connectivity index (χ3v) is 2.89. The summed E-state index contributed by atoms with van der Waals surface area (Å²) in [5.74, 6) is 0.0449. The topological polar surface area (TPSA) is 78.0 Å². The zero-order chi connectivity index (χ0) is 10.7. The number of aliphatic hydroxyl groups is 1. The van der Waals surface area contributed by atoms with E-state index in [-0.39, 0.29) is 17.9 Å². The molecule has 1 amide bonds. The number of hydrogen-bond donors (Lipinski definition) is 3. The first kappa shape index (κ1) is 10.2. The van der Waals surface area contributed by atoms with Gasteiger partial charge in [0, 0.05) is 18.7 Å². The van der Waals surface area contributed by atoms with Crippen molar-refractivity contribution in [3.8, 4) is 0 Å². The molecule has 2 unspecified atom stereocenters. The molecule has 0 aliphatic heterocycles. The first-order chi connectivity index (χ1) is 7.27. The average molecular weight is 209 g/mol. The van der Waals surface area contributed by atoms with Crippen LogP contribution in [-0.2, 0) is 0 Å². The largest absolute Gasteiger partial charge is 0.393 e. The number of H-pyrrole nitrogens is 1. The van der Waals surface area contributed by atoms with E-state index in [0.29, 0.717) is 12.2 Å². The molecule has 0 aromatic carbocycles. The minimum Gasteiger partial charge on any atom is -0.393 e. The van der Waals surface area contributed by atoms with E-state index in [0.717, 1.165) is 19.3 Å². The van der Waals surface area contributed by atoms with Gasteiger partial charge in [0.1, 0.15) is 5.69 Å². The number of rotatable bonds is 3. The Bertz CT molecular complexity index is 323. The van der Waals surface area contributed by atoms with Crippen LogP contribution in [0.1, 0.15) is 29.8 Å². The van der Waals surface area contributed by atoms with Crippen LogP contribution < -0.4 is 5.32 Å². The van der Waals surface area contributed by atoms with Crippen LogP contribution in [0, 0.1) is 5.92 Å². The van der Waals surface area contributed by atoms with Gasteiger partial charge < -0.3 is 10.4 Å². The number of carbonyl (C=O) groups is 1. The Labute approximate surface area is 87.9 Å². The summed E-state index contributed by atoms with van der Waals surface area (Å²) in [5, 5.41) is 18.6. The van der Waals surface area contributed by atoms with Crippen molar-refractivity contribution in [2.75, 3.05) is 6.54 Å². The second-order valence-corrected chi connectivity index (χ2v) is 3.94. The summed E-state index contributed by atoms with van der Waals surface area (Å²) in [7, 11) is 0. The Morgan fingerprint density at radius 3 is 3.13 bits per heavy atom. The number of aliphatic hydroxyl groups excluding tert-OH is 1. The van der Waals surface area contributed by atoms with Crippen LogP contribution in [0.4, 0.5) is 0 Å². The highest BCUT2D eigenvalue weighted by Gasteiger charge is 2.25. The molecule has 1 heterocycles. The molecule has 2 rings (SSSR count). The lowest BCUT2D eigenvalue weighted by molar-refractivity contribution is 0.0912. The van der Waals surface area contributed by atoms with Crippen molar-refractivity contribution >= 4 is 5.91 Å². The molecule has 0 bridgehead atoms. The fourth-order valence-electron chi connectivity index (χ4n) is 1.96. The fourth-order valence-corrected chi connectivity index (χ4v) is 1.96. The number of hydrogen-bond acceptors (Lipinski definition) is 3. The van der Waals surface area contributed by atoms with Gasteiger partial charge in [-0.2, -0.15) is 5.10 Å². The molecule has 0 saturated heterocycles. The van der Waals surface area contributed by atoms with Gasteiger partial charge in [0.05, 0.1) is 6.10 Å². The van der Waals surface area contributed by atoms with Gasteiger partial charge in [-0.05, 0) is 18.9 Å². The highest BCUT2D eigenvalue weighted by Crippen LogP contribution is 2.24. The monoisotopic (exact) mass is 209 g/mol. The molecule has 1 aromatic heterocycles. The summed E-state index contributed by atoms with van der Waals surface area (Å²) in [6.07, 6.45) is 4.17. The Morgan fingerprint density at radius 1 is 1.67 bits per heavy atom. The molecule has 5 nitrogen and oxygen atoms in total. The van der Waals surface area contributed by atoms with Crippen molar-refractivity contribution in [1.29, 1.82) is 0 Å². The first-order valence-corrected chi connectivity index (χ1v) is 5.23. The zero-order valence-corrected chi connectivity index (χ0v) is 8.44. The summed E-state index contributed by atoms with van der Waals surface area (Å²) in [4.78, 5) is 11.5. The van der Waals surface area contributed by atoms with Crippen LogP contribution in [0.5, 0.6) is 0 Å². The SMILES string of the molecule is O=C(NCC1CCCC1O)c1ccn[nH]1. The molecule has 1 saturated carbocycles. The standard InChI is InChI=1S/C10H15N3O2/c14-9-3-1-2-7(9)6-11-10(15)8-4-5-12-13-8/h4-5,7,9,14H,1-3,6H2,(H,11,15)(H,12,13). The highest BCUT2D eigenvalue weighted by atomic mass is 16.3. The maximum absolute atomic E-state index is 11.5. The van der Waals surface area contributed by atoms with Gasteiger partial charge in [-0.1, -0.05) is 6.42 Å². The maximum Gasteiger partial charge on any atom is 0.269 e. The molecule has 15 heavy (non-hydrogen) atoms. The number of carbonyl (C=O) groups excluding carboxylic acids is 1. The van der Waals surface area contributed by atoms with Crippen LogP contribution in [0.15, 0.2) is 12.3 Å². The van der Waals surface area contributed by atoms with Gasteiger partial charge in [-0.15, -0.1) is 0 Å². The molecule has 3 N–H and O–H groups in total. The molecule has 1 fully saturated rings. The van der Waals surface area contributed by atoms with Gasteiger partial charge >= 0.3 is 0 Å². The second-order valence-electron chi connectivity index (χ2n) is 3.94. The minimum atomic E-state index is -0.257. The third kappa shape index (κ3) is 2.36. The minimum absolute atomic E-state index is 0.161. The number of nitrogens with one attached hydrogen (secondary N) is 2. The van der Waals surface area contributed by atoms with Gasteiger partial charge in [0.2, 0.25) is 0 Å². The van der Waals surface area contributed by atoms with E-state index in [1.165, 1.54) is 0 Å². The Hall–Kier alpha value is -1.36. The number of aromatic nitrogens is 2. The highest BCUT2D eigenvalue weighted by molar-refractivity contribution is 5.92. The number of aromatic amines is 1. The van der Waals surface area contributed by atoms with Gasteiger partial charge in [0.25, 0.3) is 5.91 Å². The zero-order valence-electron chi connectivity index (χ0n) is 8.44. The van der Waals surface area contributed by atoms with Gasteiger partial charge in [0.15, 0.2) is 0 Å². The van der Waals surface area contributed by atoms with Crippen LogP contribution in [0.2, 0.25) is 0 Å². The first-order valence-electron chi connectivity index (χ1n) is 5.23. The van der Waals surface area contributed by atoms with E-state index >= 15 is 0 Å². The average Bonchev–Trinajstić information content (AvgIpc) is 2.85. The van der Waals surface area contributed by atoms with Crippen LogP contribution in [0.25, 0.3) is 0 Å². The number of amides is 1. The second kappa shape index (κ2) is 4.44. The Balaban J connectivity index is 1.81. The van der Waals surface area contributed by atoms with Gasteiger partial charge in [-0.3, -0.25) is 9.89 Å². The molecule has 5 heteroatoms.